The molecule has 12 heteroatoms. The number of hydrazine groups is 1. The molecule has 0 saturated carbocycles. The van der Waals surface area contributed by atoms with Crippen LogP contribution in [0.1, 0.15) is 15.9 Å². The van der Waals surface area contributed by atoms with Crippen molar-refractivity contribution in [2.75, 3.05) is 12.0 Å². The van der Waals surface area contributed by atoms with Crippen molar-refractivity contribution in [3.8, 4) is 0 Å². The van der Waals surface area contributed by atoms with Crippen molar-refractivity contribution in [3.05, 3.63) is 69.5 Å². The first-order chi connectivity index (χ1) is 13.1. The van der Waals surface area contributed by atoms with E-state index in [-0.39, 0.29) is 11.3 Å². The van der Waals surface area contributed by atoms with Crippen molar-refractivity contribution >= 4 is 23.2 Å². The summed E-state index contributed by atoms with van der Waals surface area (Å²) in [7, 11) is 0. The molecule has 2 aromatic carbocycles. The number of hydrogen-bond donors (Lipinski definition) is 3. The van der Waals surface area contributed by atoms with Gasteiger partial charge in [-0.15, -0.1) is 0 Å². The summed E-state index contributed by atoms with van der Waals surface area (Å²) >= 11 is 0. The van der Waals surface area contributed by atoms with Gasteiger partial charge in [0.2, 0.25) is 0 Å². The molecule has 0 aliphatic heterocycles. The van der Waals surface area contributed by atoms with Gasteiger partial charge in [0, 0.05) is 11.6 Å². The van der Waals surface area contributed by atoms with Gasteiger partial charge in [-0.25, -0.2) is 4.39 Å². The number of amides is 2. The lowest BCUT2D eigenvalue weighted by atomic mass is 10.1. The molecule has 0 spiro atoms. The molecule has 148 valence electrons. The number of anilines is 1. The van der Waals surface area contributed by atoms with Gasteiger partial charge in [0.15, 0.2) is 0 Å². The minimum Gasteiger partial charge on any atom is -0.343 e. The van der Waals surface area contributed by atoms with Crippen molar-refractivity contribution in [3.63, 3.8) is 0 Å². The molecular formula is C16H12F4N4O4. The fourth-order valence-corrected chi connectivity index (χ4v) is 2.01. The summed E-state index contributed by atoms with van der Waals surface area (Å²) in [6.45, 7) is -0.544. The molecule has 0 bridgehead atoms. The Balaban J connectivity index is 1.96. The van der Waals surface area contributed by atoms with E-state index in [1.165, 1.54) is 12.1 Å². The third kappa shape index (κ3) is 5.40. The SMILES string of the molecule is O=C(CNC(=O)c1ccc(F)cc1)NNc1ccc(C(F)(F)F)cc1[N+](=O)[O-]. The number of nitro benzene ring substituents is 1. The van der Waals surface area contributed by atoms with Crippen LogP contribution in [-0.2, 0) is 11.0 Å². The molecule has 8 nitrogen and oxygen atoms in total. The predicted molar refractivity (Wildman–Crippen MR) is 88.6 cm³/mol. The van der Waals surface area contributed by atoms with Gasteiger partial charge in [0.1, 0.15) is 11.5 Å². The molecule has 2 rings (SSSR count). The zero-order valence-corrected chi connectivity index (χ0v) is 13.8. The van der Waals surface area contributed by atoms with E-state index in [9.17, 15) is 37.3 Å². The molecule has 0 radical (unpaired) electrons. The van der Waals surface area contributed by atoms with E-state index in [0.717, 1.165) is 18.2 Å². The molecule has 0 aromatic heterocycles. The van der Waals surface area contributed by atoms with Crippen LogP contribution in [0.2, 0.25) is 0 Å². The van der Waals surface area contributed by atoms with Crippen LogP contribution in [0.4, 0.5) is 28.9 Å². The van der Waals surface area contributed by atoms with Crippen molar-refractivity contribution in [2.45, 2.75) is 6.18 Å². The number of alkyl halides is 3. The van der Waals surface area contributed by atoms with Crippen LogP contribution in [0.3, 0.4) is 0 Å². The number of nitrogens with one attached hydrogen (secondary N) is 3. The number of nitro groups is 1. The molecule has 0 atom stereocenters. The second-order valence-electron chi connectivity index (χ2n) is 5.35. The molecule has 2 amide bonds. The minimum atomic E-state index is -4.77. The van der Waals surface area contributed by atoms with Crippen LogP contribution in [0, 0.1) is 15.9 Å². The topological polar surface area (TPSA) is 113 Å². The molecule has 0 heterocycles. The number of benzene rings is 2. The first kappa shape index (κ1) is 20.6. The molecule has 3 N–H and O–H groups in total. The maximum atomic E-state index is 12.8. The van der Waals surface area contributed by atoms with E-state index >= 15 is 0 Å². The summed E-state index contributed by atoms with van der Waals surface area (Å²) in [4.78, 5) is 33.4. The number of hydrogen-bond acceptors (Lipinski definition) is 5. The summed E-state index contributed by atoms with van der Waals surface area (Å²) in [5, 5.41) is 13.2. The van der Waals surface area contributed by atoms with E-state index in [1.807, 2.05) is 5.43 Å². The Kier molecular flexibility index (Phi) is 6.13. The molecule has 0 saturated heterocycles. The van der Waals surface area contributed by atoms with Crippen LogP contribution < -0.4 is 16.2 Å². The smallest absolute Gasteiger partial charge is 0.343 e. The zero-order chi connectivity index (χ0) is 20.9. The van der Waals surface area contributed by atoms with Gasteiger partial charge in [-0.3, -0.25) is 30.6 Å². The van der Waals surface area contributed by atoms with Crippen molar-refractivity contribution in [1.29, 1.82) is 0 Å². The van der Waals surface area contributed by atoms with Crippen molar-refractivity contribution in [1.82, 2.24) is 10.7 Å². The van der Waals surface area contributed by atoms with Crippen LogP contribution in [0.5, 0.6) is 0 Å². The van der Waals surface area contributed by atoms with Gasteiger partial charge in [-0.2, -0.15) is 13.2 Å². The number of halogens is 4. The number of carbonyl (C=O) groups is 2. The standard InChI is InChI=1S/C16H12F4N4O4/c17-11-4-1-9(2-5-11)15(26)21-8-14(25)23-22-12-6-3-10(16(18,19)20)7-13(12)24(27)28/h1-7,22H,8H2,(H,21,26)(H,23,25). The Morgan fingerprint density at radius 2 is 1.71 bits per heavy atom. The summed E-state index contributed by atoms with van der Waals surface area (Å²) in [5.41, 5.74) is 1.76. The number of carbonyl (C=O) groups excluding carboxylic acids is 2. The van der Waals surface area contributed by atoms with Crippen LogP contribution in [-0.4, -0.2) is 23.3 Å². The van der Waals surface area contributed by atoms with E-state index in [4.69, 9.17) is 0 Å². The molecule has 0 fully saturated rings. The normalized spacial score (nSPS) is 10.9. The highest BCUT2D eigenvalue weighted by atomic mass is 19.4. The van der Waals surface area contributed by atoms with E-state index in [2.05, 4.69) is 10.7 Å². The summed E-state index contributed by atoms with van der Waals surface area (Å²) in [6, 6.07) is 6.24. The first-order valence-electron chi connectivity index (χ1n) is 7.52. The second kappa shape index (κ2) is 8.33. The Bertz CT molecular complexity index is 901. The van der Waals surface area contributed by atoms with Gasteiger partial charge in [-0.1, -0.05) is 0 Å². The maximum absolute atomic E-state index is 12.8. The van der Waals surface area contributed by atoms with Gasteiger partial charge < -0.3 is 5.32 Å². The highest BCUT2D eigenvalue weighted by Gasteiger charge is 2.33. The summed E-state index contributed by atoms with van der Waals surface area (Å²) in [6.07, 6.45) is -4.77. The lowest BCUT2D eigenvalue weighted by molar-refractivity contribution is -0.384. The molecule has 0 unspecified atom stereocenters. The van der Waals surface area contributed by atoms with Crippen molar-refractivity contribution in [2.24, 2.45) is 0 Å². The molecular weight excluding hydrogens is 388 g/mol. The molecule has 0 aliphatic rings. The molecule has 2 aromatic rings. The maximum Gasteiger partial charge on any atom is 0.416 e. The fourth-order valence-electron chi connectivity index (χ4n) is 2.01. The third-order valence-electron chi connectivity index (χ3n) is 3.37. The van der Waals surface area contributed by atoms with Crippen LogP contribution in [0.25, 0.3) is 0 Å². The highest BCUT2D eigenvalue weighted by Crippen LogP contribution is 2.34. The van der Waals surface area contributed by atoms with E-state index in [1.54, 1.807) is 0 Å². The van der Waals surface area contributed by atoms with Crippen molar-refractivity contribution < 1.29 is 32.1 Å². The lowest BCUT2D eigenvalue weighted by Gasteiger charge is -2.12. The number of rotatable bonds is 6. The molecule has 28 heavy (non-hydrogen) atoms. The van der Waals surface area contributed by atoms with Gasteiger partial charge in [0.25, 0.3) is 17.5 Å². The highest BCUT2D eigenvalue weighted by molar-refractivity contribution is 5.96. The van der Waals surface area contributed by atoms with Gasteiger partial charge >= 0.3 is 6.18 Å². The van der Waals surface area contributed by atoms with E-state index < -0.39 is 46.5 Å². The Hall–Kier alpha value is -3.70. The van der Waals surface area contributed by atoms with Crippen LogP contribution in [0.15, 0.2) is 42.5 Å². The van der Waals surface area contributed by atoms with Crippen LogP contribution >= 0.6 is 0 Å². The second-order valence-corrected chi connectivity index (χ2v) is 5.35. The monoisotopic (exact) mass is 400 g/mol. The Labute approximate surface area is 154 Å². The quantitative estimate of drug-likeness (QED) is 0.392. The average Bonchev–Trinajstić information content (AvgIpc) is 2.64. The average molecular weight is 400 g/mol. The first-order valence-corrected chi connectivity index (χ1v) is 7.52. The lowest BCUT2D eigenvalue weighted by Crippen LogP contribution is -2.39. The third-order valence-corrected chi connectivity index (χ3v) is 3.37. The van der Waals surface area contributed by atoms with Gasteiger partial charge in [-0.05, 0) is 36.4 Å². The summed E-state index contributed by atoms with van der Waals surface area (Å²) < 4.78 is 50.7. The minimum absolute atomic E-state index is 0.0977. The summed E-state index contributed by atoms with van der Waals surface area (Å²) in [5.74, 6) is -2.04. The largest absolute Gasteiger partial charge is 0.416 e. The zero-order valence-electron chi connectivity index (χ0n) is 13.8. The predicted octanol–water partition coefficient (Wildman–Crippen LogP) is 2.63. The van der Waals surface area contributed by atoms with Gasteiger partial charge in [0.05, 0.1) is 17.0 Å². The number of nitrogens with zero attached hydrogens (tertiary/aromatic N) is 1. The Morgan fingerprint density at radius 1 is 1.07 bits per heavy atom. The fraction of sp³-hybridized carbons (Fsp3) is 0.125. The van der Waals surface area contributed by atoms with E-state index in [0.29, 0.717) is 12.1 Å². The molecule has 0 aliphatic carbocycles. The Morgan fingerprint density at radius 3 is 2.29 bits per heavy atom.